The van der Waals surface area contributed by atoms with Gasteiger partial charge in [-0.05, 0) is 38.1 Å². The number of halogens is 2. The van der Waals surface area contributed by atoms with Gasteiger partial charge < -0.3 is 5.32 Å². The fourth-order valence-corrected chi connectivity index (χ4v) is 3.60. The van der Waals surface area contributed by atoms with Crippen molar-refractivity contribution < 1.29 is 13.6 Å². The molecule has 3 aromatic rings. The van der Waals surface area contributed by atoms with Crippen LogP contribution in [0, 0.1) is 5.92 Å². The van der Waals surface area contributed by atoms with Gasteiger partial charge in [0.05, 0.1) is 24.0 Å². The van der Waals surface area contributed by atoms with Gasteiger partial charge in [0.25, 0.3) is 6.43 Å². The number of carbonyl (C=O) groups excluding carboxylic acids is 1. The fourth-order valence-electron chi connectivity index (χ4n) is 3.60. The summed E-state index contributed by atoms with van der Waals surface area (Å²) in [5, 5.41) is 7.89. The van der Waals surface area contributed by atoms with E-state index in [4.69, 9.17) is 0 Å². The second kappa shape index (κ2) is 8.20. The molecule has 1 aliphatic rings. The summed E-state index contributed by atoms with van der Waals surface area (Å²) in [6, 6.07) is 5.59. The van der Waals surface area contributed by atoms with Gasteiger partial charge in [0.15, 0.2) is 0 Å². The molecule has 3 aromatic heterocycles. The average molecular weight is 400 g/mol. The quantitative estimate of drug-likeness (QED) is 0.713. The molecule has 1 N–H and O–H groups in total. The van der Waals surface area contributed by atoms with Gasteiger partial charge in [-0.15, -0.1) is 0 Å². The Bertz CT molecular complexity index is 1010. The molecule has 0 aliphatic carbocycles. The predicted octanol–water partition coefficient (Wildman–Crippen LogP) is 2.95. The first-order valence-corrected chi connectivity index (χ1v) is 9.55. The van der Waals surface area contributed by atoms with Crippen molar-refractivity contribution in [1.29, 1.82) is 0 Å². The monoisotopic (exact) mass is 400 g/mol. The highest BCUT2D eigenvalue weighted by Crippen LogP contribution is 2.23. The Labute approximate surface area is 166 Å². The lowest BCUT2D eigenvalue weighted by Gasteiger charge is -2.30. The van der Waals surface area contributed by atoms with Crippen LogP contribution >= 0.6 is 0 Å². The Morgan fingerprint density at radius 1 is 1.28 bits per heavy atom. The zero-order chi connectivity index (χ0) is 20.4. The molecule has 1 aliphatic heterocycles. The number of fused-ring (bicyclic) bond motifs is 1. The molecule has 0 saturated carbocycles. The molecule has 0 radical (unpaired) electrons. The van der Waals surface area contributed by atoms with Crippen LogP contribution in [0.5, 0.6) is 0 Å². The number of rotatable bonds is 5. The number of carbonyl (C=O) groups is 1. The number of aromatic nitrogens is 4. The minimum atomic E-state index is -2.34. The minimum absolute atomic E-state index is 0.128. The van der Waals surface area contributed by atoms with Crippen LogP contribution in [-0.4, -0.2) is 56.6 Å². The lowest BCUT2D eigenvalue weighted by Crippen LogP contribution is -2.40. The summed E-state index contributed by atoms with van der Waals surface area (Å²) >= 11 is 0. The van der Waals surface area contributed by atoms with Crippen molar-refractivity contribution in [3.63, 3.8) is 0 Å². The normalized spacial score (nSPS) is 15.9. The first-order chi connectivity index (χ1) is 14.0. The number of alkyl halides is 2. The Kier molecular flexibility index (Phi) is 5.48. The van der Waals surface area contributed by atoms with Crippen LogP contribution in [0.3, 0.4) is 0 Å². The van der Waals surface area contributed by atoms with E-state index in [0.717, 1.165) is 22.2 Å². The second-order valence-electron chi connectivity index (χ2n) is 7.32. The fraction of sp³-hybridized carbons (Fsp3) is 0.400. The smallest absolute Gasteiger partial charge is 0.251 e. The Morgan fingerprint density at radius 2 is 2.07 bits per heavy atom. The van der Waals surface area contributed by atoms with Gasteiger partial charge in [0.1, 0.15) is 5.82 Å². The number of piperidine rings is 1. The third kappa shape index (κ3) is 4.56. The molecular formula is C20H22F2N6O. The van der Waals surface area contributed by atoms with Gasteiger partial charge in [-0.1, -0.05) is 0 Å². The standard InChI is InChI=1S/C20H22F2N6O/c1-27-11-15(10-24-27)16-3-2-14-9-23-19(8-17(14)25-16)26-20(29)13-4-6-28(7-5-13)12-18(21)22/h2-3,8-11,13,18H,4-7,12H2,1H3,(H,23,26,29). The number of anilines is 1. The SMILES string of the molecule is Cn1cc(-c2ccc3cnc(NC(=O)C4CCN(CC(F)F)CC4)cc3n2)cn1. The summed E-state index contributed by atoms with van der Waals surface area (Å²) in [7, 11) is 1.85. The third-order valence-corrected chi connectivity index (χ3v) is 5.18. The summed E-state index contributed by atoms with van der Waals surface area (Å²) in [5.74, 6) is 0.112. The van der Waals surface area contributed by atoms with Crippen molar-refractivity contribution >= 4 is 22.6 Å². The summed E-state index contributed by atoms with van der Waals surface area (Å²) in [5.41, 5.74) is 2.43. The second-order valence-corrected chi connectivity index (χ2v) is 7.32. The Morgan fingerprint density at radius 3 is 2.76 bits per heavy atom. The van der Waals surface area contributed by atoms with Crippen LogP contribution in [0.1, 0.15) is 12.8 Å². The minimum Gasteiger partial charge on any atom is -0.310 e. The summed E-state index contributed by atoms with van der Waals surface area (Å²) < 4.78 is 26.7. The topological polar surface area (TPSA) is 75.9 Å². The molecule has 1 saturated heterocycles. The number of amides is 1. The largest absolute Gasteiger partial charge is 0.310 e. The maximum Gasteiger partial charge on any atom is 0.251 e. The van der Waals surface area contributed by atoms with Crippen LogP contribution in [0.2, 0.25) is 0 Å². The Hall–Kier alpha value is -2.94. The van der Waals surface area contributed by atoms with E-state index in [2.05, 4.69) is 20.4 Å². The molecule has 7 nitrogen and oxygen atoms in total. The molecule has 9 heteroatoms. The summed E-state index contributed by atoms with van der Waals surface area (Å²) in [6.07, 6.45) is 4.10. The van der Waals surface area contributed by atoms with E-state index in [1.54, 1.807) is 28.0 Å². The molecule has 0 unspecified atom stereocenters. The molecule has 0 bridgehead atoms. The van der Waals surface area contributed by atoms with Crippen LogP contribution in [0.4, 0.5) is 14.6 Å². The molecule has 4 heterocycles. The number of pyridine rings is 2. The van der Waals surface area contributed by atoms with E-state index >= 15 is 0 Å². The summed E-state index contributed by atoms with van der Waals surface area (Å²) in [6.45, 7) is 0.776. The predicted molar refractivity (Wildman–Crippen MR) is 106 cm³/mol. The molecule has 1 amide bonds. The first kappa shape index (κ1) is 19.4. The van der Waals surface area contributed by atoms with E-state index in [9.17, 15) is 13.6 Å². The maximum atomic E-state index is 12.6. The number of nitrogens with zero attached hydrogens (tertiary/aromatic N) is 5. The van der Waals surface area contributed by atoms with Gasteiger partial charge in [0.2, 0.25) is 5.91 Å². The van der Waals surface area contributed by atoms with Gasteiger partial charge >= 0.3 is 0 Å². The van der Waals surface area contributed by atoms with Gasteiger partial charge in [0, 0.05) is 42.4 Å². The van der Waals surface area contributed by atoms with E-state index < -0.39 is 6.43 Å². The molecule has 1 fully saturated rings. The van der Waals surface area contributed by atoms with Crippen LogP contribution in [-0.2, 0) is 11.8 Å². The zero-order valence-corrected chi connectivity index (χ0v) is 16.1. The lowest BCUT2D eigenvalue weighted by molar-refractivity contribution is -0.121. The third-order valence-electron chi connectivity index (χ3n) is 5.18. The number of aryl methyl sites for hydroxylation is 1. The van der Waals surface area contributed by atoms with E-state index in [-0.39, 0.29) is 18.4 Å². The van der Waals surface area contributed by atoms with Crippen molar-refractivity contribution in [2.45, 2.75) is 19.3 Å². The average Bonchev–Trinajstić information content (AvgIpc) is 3.14. The zero-order valence-electron chi connectivity index (χ0n) is 16.1. The number of nitrogens with one attached hydrogen (secondary N) is 1. The molecular weight excluding hydrogens is 378 g/mol. The number of hydrogen-bond acceptors (Lipinski definition) is 5. The van der Waals surface area contributed by atoms with Crippen molar-refractivity contribution in [2.24, 2.45) is 13.0 Å². The molecule has 29 heavy (non-hydrogen) atoms. The molecule has 4 rings (SSSR count). The summed E-state index contributed by atoms with van der Waals surface area (Å²) in [4.78, 5) is 23.2. The van der Waals surface area contributed by atoms with Crippen molar-refractivity contribution in [2.75, 3.05) is 25.0 Å². The highest BCUT2D eigenvalue weighted by Gasteiger charge is 2.26. The first-order valence-electron chi connectivity index (χ1n) is 9.55. The van der Waals surface area contributed by atoms with E-state index in [1.165, 1.54) is 0 Å². The lowest BCUT2D eigenvalue weighted by atomic mass is 9.96. The highest BCUT2D eigenvalue weighted by atomic mass is 19.3. The molecule has 0 spiro atoms. The van der Waals surface area contributed by atoms with E-state index in [1.807, 2.05) is 25.4 Å². The van der Waals surface area contributed by atoms with E-state index in [0.29, 0.717) is 31.7 Å². The number of likely N-dealkylation sites (tertiary alicyclic amines) is 1. The Balaban J connectivity index is 1.44. The van der Waals surface area contributed by atoms with Crippen LogP contribution in [0.15, 0.2) is 36.8 Å². The van der Waals surface area contributed by atoms with Crippen molar-refractivity contribution in [3.05, 3.63) is 36.8 Å². The van der Waals surface area contributed by atoms with Gasteiger partial charge in [-0.2, -0.15) is 5.10 Å². The van der Waals surface area contributed by atoms with Gasteiger partial charge in [-0.25, -0.2) is 18.7 Å². The number of hydrogen-bond donors (Lipinski definition) is 1. The van der Waals surface area contributed by atoms with Crippen molar-refractivity contribution in [1.82, 2.24) is 24.6 Å². The maximum absolute atomic E-state index is 12.6. The van der Waals surface area contributed by atoms with Crippen molar-refractivity contribution in [3.8, 4) is 11.3 Å². The molecule has 152 valence electrons. The van der Waals surface area contributed by atoms with Crippen LogP contribution in [0.25, 0.3) is 22.2 Å². The van der Waals surface area contributed by atoms with Crippen LogP contribution < -0.4 is 5.32 Å². The molecule has 0 atom stereocenters. The van der Waals surface area contributed by atoms with Gasteiger partial charge in [-0.3, -0.25) is 14.4 Å². The molecule has 0 aromatic carbocycles. The highest BCUT2D eigenvalue weighted by molar-refractivity contribution is 5.93.